The molecule has 0 spiro atoms. The lowest BCUT2D eigenvalue weighted by molar-refractivity contribution is -0.384. The summed E-state index contributed by atoms with van der Waals surface area (Å²) in [4.78, 5) is 22.7. The minimum absolute atomic E-state index is 0.0559. The van der Waals surface area contributed by atoms with Crippen molar-refractivity contribution < 1.29 is 19.2 Å². The molecule has 0 bridgehead atoms. The van der Waals surface area contributed by atoms with Gasteiger partial charge >= 0.3 is 5.97 Å². The Labute approximate surface area is 208 Å². The molecule has 5 rings (SSSR count). The molecule has 0 radical (unpaired) electrons. The van der Waals surface area contributed by atoms with E-state index in [1.54, 1.807) is 0 Å². The number of carbonyl (C=O) groups is 1. The summed E-state index contributed by atoms with van der Waals surface area (Å²) in [5, 5.41) is 10.8. The Morgan fingerprint density at radius 3 is 2.08 bits per heavy atom. The van der Waals surface area contributed by atoms with E-state index < -0.39 is 16.5 Å². The Kier molecular flexibility index (Phi) is 6.33. The number of hydrogen-bond donors (Lipinski definition) is 0. The quantitative estimate of drug-likeness (QED) is 0.132. The first-order chi connectivity index (χ1) is 17.5. The van der Waals surface area contributed by atoms with Crippen molar-refractivity contribution in [3.8, 4) is 11.5 Å². The molecule has 36 heavy (non-hydrogen) atoms. The van der Waals surface area contributed by atoms with Gasteiger partial charge in [-0.15, -0.1) is 0 Å². The molecule has 1 aliphatic heterocycles. The third-order valence-electron chi connectivity index (χ3n) is 6.20. The van der Waals surface area contributed by atoms with Gasteiger partial charge < -0.3 is 9.47 Å². The number of nitro benzene ring substituents is 1. The van der Waals surface area contributed by atoms with Gasteiger partial charge in [-0.05, 0) is 36.3 Å². The van der Waals surface area contributed by atoms with Crippen molar-refractivity contribution in [2.75, 3.05) is 0 Å². The largest absolute Gasteiger partial charge is 0.473 e. The van der Waals surface area contributed by atoms with Crippen LogP contribution >= 0.6 is 0 Å². The lowest BCUT2D eigenvalue weighted by Gasteiger charge is -2.36. The van der Waals surface area contributed by atoms with Gasteiger partial charge in [0.1, 0.15) is 11.5 Å². The van der Waals surface area contributed by atoms with Crippen LogP contribution in [0.2, 0.25) is 0 Å². The van der Waals surface area contributed by atoms with E-state index in [1.165, 1.54) is 24.3 Å². The number of hydrogen-bond acceptors (Lipinski definition) is 5. The van der Waals surface area contributed by atoms with Gasteiger partial charge in [0.2, 0.25) is 0 Å². The zero-order valence-electron chi connectivity index (χ0n) is 19.4. The topological polar surface area (TPSA) is 78.7 Å². The summed E-state index contributed by atoms with van der Waals surface area (Å²) in [5.74, 6) is 0.607. The number of nitro groups is 1. The maximum atomic E-state index is 12.4. The third-order valence-corrected chi connectivity index (χ3v) is 6.20. The van der Waals surface area contributed by atoms with E-state index in [-0.39, 0.29) is 17.9 Å². The summed E-state index contributed by atoms with van der Waals surface area (Å²) in [7, 11) is 0. The van der Waals surface area contributed by atoms with E-state index in [0.717, 1.165) is 28.0 Å². The molecule has 4 aromatic rings. The molecule has 178 valence electrons. The molecule has 0 unspecified atom stereocenters. The minimum Gasteiger partial charge on any atom is -0.473 e. The number of ether oxygens (including phenoxy) is 2. The average molecular weight is 478 g/mol. The van der Waals surface area contributed by atoms with Crippen molar-refractivity contribution in [3.63, 3.8) is 0 Å². The Morgan fingerprint density at radius 1 is 0.833 bits per heavy atom. The van der Waals surface area contributed by atoms with Crippen molar-refractivity contribution in [1.29, 1.82) is 0 Å². The van der Waals surface area contributed by atoms with E-state index in [4.69, 9.17) is 9.47 Å². The Hall–Kier alpha value is -4.71. The van der Waals surface area contributed by atoms with E-state index in [1.807, 2.05) is 54.6 Å². The van der Waals surface area contributed by atoms with Gasteiger partial charge in [-0.25, -0.2) is 0 Å². The van der Waals surface area contributed by atoms with Crippen molar-refractivity contribution in [3.05, 3.63) is 142 Å². The maximum absolute atomic E-state index is 12.4. The van der Waals surface area contributed by atoms with Gasteiger partial charge in [-0.1, -0.05) is 78.9 Å². The summed E-state index contributed by atoms with van der Waals surface area (Å²) in [6.45, 7) is 0. The highest BCUT2D eigenvalue weighted by atomic mass is 16.6. The fourth-order valence-corrected chi connectivity index (χ4v) is 4.40. The van der Waals surface area contributed by atoms with Gasteiger partial charge in [0.05, 0.1) is 11.3 Å². The molecular weight excluding hydrogens is 454 g/mol. The van der Waals surface area contributed by atoms with Gasteiger partial charge in [0.25, 0.3) is 5.69 Å². The van der Waals surface area contributed by atoms with Crippen LogP contribution in [0.1, 0.15) is 28.7 Å². The molecule has 1 heterocycles. The molecule has 0 aromatic heterocycles. The van der Waals surface area contributed by atoms with Crippen LogP contribution in [-0.2, 0) is 16.8 Å². The first-order valence-corrected chi connectivity index (χ1v) is 11.6. The smallest absolute Gasteiger partial charge is 0.311 e. The number of carbonyl (C=O) groups excluding carboxylic acids is 1. The second-order valence-electron chi connectivity index (χ2n) is 8.46. The van der Waals surface area contributed by atoms with Crippen LogP contribution in [0.15, 0.2) is 109 Å². The molecule has 0 N–H and O–H groups in total. The van der Waals surface area contributed by atoms with E-state index in [2.05, 4.69) is 36.4 Å². The van der Waals surface area contributed by atoms with Crippen LogP contribution in [0.4, 0.5) is 5.69 Å². The Balaban J connectivity index is 1.36. The van der Waals surface area contributed by atoms with Crippen LogP contribution in [0, 0.1) is 10.1 Å². The predicted octanol–water partition coefficient (Wildman–Crippen LogP) is 6.48. The van der Waals surface area contributed by atoms with E-state index >= 15 is 0 Å². The summed E-state index contributed by atoms with van der Waals surface area (Å²) in [6.07, 6.45) is 4.75. The summed E-state index contributed by atoms with van der Waals surface area (Å²) >= 11 is 0. The molecule has 0 fully saturated rings. The van der Waals surface area contributed by atoms with Gasteiger partial charge in [-0.3, -0.25) is 14.9 Å². The van der Waals surface area contributed by atoms with Gasteiger partial charge in [-0.2, -0.15) is 0 Å². The van der Waals surface area contributed by atoms with E-state index in [9.17, 15) is 14.9 Å². The molecule has 1 aliphatic rings. The van der Waals surface area contributed by atoms with Gasteiger partial charge in [0.15, 0.2) is 5.60 Å². The van der Waals surface area contributed by atoms with Crippen molar-refractivity contribution >= 4 is 17.7 Å². The minimum atomic E-state index is -0.761. The summed E-state index contributed by atoms with van der Waals surface area (Å²) < 4.78 is 12.1. The first kappa shape index (κ1) is 23.1. The van der Waals surface area contributed by atoms with Crippen LogP contribution in [0.5, 0.6) is 11.5 Å². The van der Waals surface area contributed by atoms with Crippen LogP contribution in [-0.4, -0.2) is 10.9 Å². The number of benzene rings is 4. The zero-order valence-corrected chi connectivity index (χ0v) is 19.4. The maximum Gasteiger partial charge on any atom is 0.311 e. The summed E-state index contributed by atoms with van der Waals surface area (Å²) in [5.41, 5.74) is 3.13. The molecule has 4 aromatic carbocycles. The second-order valence-corrected chi connectivity index (χ2v) is 8.46. The number of rotatable bonds is 7. The molecule has 6 heteroatoms. The SMILES string of the molecule is O=C(CCc1cccc2c1C=CC(c1ccccc1)(c1ccccc1)O2)Oc1ccc([N+](=O)[O-])cc1. The third kappa shape index (κ3) is 4.61. The standard InChI is InChI=1S/C30H23NO5/c32-29(35-26-17-15-25(16-18-26)31(33)34)19-14-22-8-7-13-28-27(22)20-21-30(36-28,23-9-3-1-4-10-23)24-11-5-2-6-12-24/h1-13,15-18,20-21H,14,19H2. The molecule has 0 aliphatic carbocycles. The fourth-order valence-electron chi connectivity index (χ4n) is 4.40. The Bertz CT molecular complexity index is 1370. The Morgan fingerprint density at radius 2 is 1.47 bits per heavy atom. The van der Waals surface area contributed by atoms with E-state index in [0.29, 0.717) is 6.42 Å². The second kappa shape index (κ2) is 9.88. The first-order valence-electron chi connectivity index (χ1n) is 11.6. The number of nitrogens with zero attached hydrogens (tertiary/aromatic N) is 1. The lowest BCUT2D eigenvalue weighted by Crippen LogP contribution is -2.34. The fraction of sp³-hybridized carbons (Fsp3) is 0.100. The van der Waals surface area contributed by atoms with Crippen LogP contribution in [0.3, 0.4) is 0 Å². The highest BCUT2D eigenvalue weighted by Gasteiger charge is 2.37. The molecule has 6 nitrogen and oxygen atoms in total. The highest BCUT2D eigenvalue weighted by molar-refractivity contribution is 5.74. The van der Waals surface area contributed by atoms with Gasteiger partial charge in [0, 0.05) is 28.8 Å². The average Bonchev–Trinajstić information content (AvgIpc) is 2.92. The highest BCUT2D eigenvalue weighted by Crippen LogP contribution is 2.43. The lowest BCUT2D eigenvalue weighted by atomic mass is 9.83. The molecule has 0 atom stereocenters. The number of esters is 1. The summed E-state index contributed by atoms with van der Waals surface area (Å²) in [6, 6.07) is 31.5. The van der Waals surface area contributed by atoms with Crippen molar-refractivity contribution in [2.24, 2.45) is 0 Å². The van der Waals surface area contributed by atoms with Crippen LogP contribution < -0.4 is 9.47 Å². The van der Waals surface area contributed by atoms with Crippen LogP contribution in [0.25, 0.3) is 6.08 Å². The van der Waals surface area contributed by atoms with Crippen molar-refractivity contribution in [2.45, 2.75) is 18.4 Å². The molecule has 0 amide bonds. The number of non-ortho nitro benzene ring substituents is 1. The normalized spacial score (nSPS) is 13.3. The number of aryl methyl sites for hydroxylation is 1. The molecule has 0 saturated carbocycles. The zero-order chi connectivity index (χ0) is 25.0. The number of fused-ring (bicyclic) bond motifs is 1. The monoisotopic (exact) mass is 477 g/mol. The predicted molar refractivity (Wildman–Crippen MR) is 137 cm³/mol. The molecule has 0 saturated heterocycles. The van der Waals surface area contributed by atoms with Crippen molar-refractivity contribution in [1.82, 2.24) is 0 Å². The molecular formula is C30H23NO5.